The van der Waals surface area contributed by atoms with E-state index in [0.717, 1.165) is 4.88 Å². The fraction of sp³-hybridized carbons (Fsp3) is 0.143. The van der Waals surface area contributed by atoms with Crippen LogP contribution in [0.1, 0.15) is 11.3 Å². The van der Waals surface area contributed by atoms with E-state index in [-0.39, 0.29) is 6.42 Å². The summed E-state index contributed by atoms with van der Waals surface area (Å²) in [6.07, 6.45) is 0.150. The molecule has 0 amide bonds. The van der Waals surface area contributed by atoms with Crippen LogP contribution < -0.4 is 0 Å². The number of nitriles is 1. The zero-order valence-electron chi connectivity index (χ0n) is 5.60. The van der Waals surface area contributed by atoms with Gasteiger partial charge in [-0.15, -0.1) is 11.3 Å². The molecule has 0 aromatic carbocycles. The molecular weight excluding hydrogens is 180 g/mol. The molecule has 0 radical (unpaired) electrons. The number of nitrogens with one attached hydrogen (secondary N) is 1. The molecule has 11 heavy (non-hydrogen) atoms. The lowest BCUT2D eigenvalue weighted by molar-refractivity contribution is 1.35. The molecule has 0 spiro atoms. The van der Waals surface area contributed by atoms with Gasteiger partial charge in [0.15, 0.2) is 0 Å². The highest BCUT2D eigenvalue weighted by molar-refractivity contribution is 7.18. The van der Waals surface area contributed by atoms with Crippen molar-refractivity contribution in [3.05, 3.63) is 21.3 Å². The van der Waals surface area contributed by atoms with Crippen LogP contribution in [0, 0.1) is 16.7 Å². The summed E-state index contributed by atoms with van der Waals surface area (Å²) in [6.45, 7) is 0. The average Bonchev–Trinajstić information content (AvgIpc) is 2.36. The smallest absolute Gasteiger partial charge is 0.0935 e. The predicted octanol–water partition coefficient (Wildman–Crippen LogP) is 2.68. The first-order valence-corrected chi connectivity index (χ1v) is 4.13. The Morgan fingerprint density at radius 2 is 2.45 bits per heavy atom. The third-order valence-electron chi connectivity index (χ3n) is 1.13. The molecular formula is C7H5ClN2S. The van der Waals surface area contributed by atoms with Crippen molar-refractivity contribution in [2.45, 2.75) is 6.42 Å². The minimum Gasteiger partial charge on any atom is -0.303 e. The molecule has 56 valence electrons. The average molecular weight is 185 g/mol. The van der Waals surface area contributed by atoms with E-state index in [0.29, 0.717) is 10.0 Å². The lowest BCUT2D eigenvalue weighted by Gasteiger charge is -1.89. The lowest BCUT2D eigenvalue weighted by Crippen LogP contribution is -1.91. The maximum atomic E-state index is 8.29. The van der Waals surface area contributed by atoms with Crippen molar-refractivity contribution in [1.29, 1.82) is 10.7 Å². The van der Waals surface area contributed by atoms with Crippen molar-refractivity contribution < 1.29 is 0 Å². The molecule has 2 nitrogen and oxygen atoms in total. The maximum Gasteiger partial charge on any atom is 0.0935 e. The number of hydrogen-bond donors (Lipinski definition) is 1. The third kappa shape index (κ3) is 2.04. The molecule has 0 aliphatic carbocycles. The summed E-state index contributed by atoms with van der Waals surface area (Å²) in [5.41, 5.74) is 0.337. The Kier molecular flexibility index (Phi) is 2.64. The minimum atomic E-state index is 0.150. The SMILES string of the molecule is N#CCC(=N)c1ccc(Cl)s1. The Morgan fingerprint density at radius 1 is 1.73 bits per heavy atom. The first-order valence-electron chi connectivity index (χ1n) is 2.94. The second-order valence-electron chi connectivity index (χ2n) is 1.92. The van der Waals surface area contributed by atoms with E-state index in [2.05, 4.69) is 0 Å². The monoisotopic (exact) mass is 184 g/mol. The highest BCUT2D eigenvalue weighted by Crippen LogP contribution is 2.22. The topological polar surface area (TPSA) is 47.6 Å². The van der Waals surface area contributed by atoms with Gasteiger partial charge in [0.25, 0.3) is 0 Å². The maximum absolute atomic E-state index is 8.29. The summed E-state index contributed by atoms with van der Waals surface area (Å²) >= 11 is 6.97. The Balaban J connectivity index is 2.78. The summed E-state index contributed by atoms with van der Waals surface area (Å²) in [7, 11) is 0. The number of nitrogens with zero attached hydrogens (tertiary/aromatic N) is 1. The molecule has 1 heterocycles. The molecule has 0 saturated heterocycles. The Morgan fingerprint density at radius 3 is 2.91 bits per heavy atom. The summed E-state index contributed by atoms with van der Waals surface area (Å²) in [5.74, 6) is 0. The van der Waals surface area contributed by atoms with Crippen molar-refractivity contribution in [2.75, 3.05) is 0 Å². The fourth-order valence-corrected chi connectivity index (χ4v) is 1.63. The molecule has 0 aliphatic heterocycles. The quantitative estimate of drug-likeness (QED) is 0.706. The van der Waals surface area contributed by atoms with Gasteiger partial charge >= 0.3 is 0 Å². The van der Waals surface area contributed by atoms with Crippen molar-refractivity contribution in [3.63, 3.8) is 0 Å². The largest absolute Gasteiger partial charge is 0.303 e. The van der Waals surface area contributed by atoms with Gasteiger partial charge in [-0.3, -0.25) is 0 Å². The summed E-state index contributed by atoms with van der Waals surface area (Å²) < 4.78 is 0.655. The number of halogens is 1. The molecule has 0 saturated carbocycles. The molecule has 0 atom stereocenters. The molecule has 0 bridgehead atoms. The van der Waals surface area contributed by atoms with Crippen molar-refractivity contribution in [3.8, 4) is 6.07 Å². The van der Waals surface area contributed by atoms with Crippen LogP contribution in [0.3, 0.4) is 0 Å². The van der Waals surface area contributed by atoms with Crippen molar-refractivity contribution in [1.82, 2.24) is 0 Å². The van der Waals surface area contributed by atoms with E-state index < -0.39 is 0 Å². The van der Waals surface area contributed by atoms with E-state index in [4.69, 9.17) is 22.3 Å². The van der Waals surface area contributed by atoms with Crippen LogP contribution in [0.4, 0.5) is 0 Å². The van der Waals surface area contributed by atoms with Crippen LogP contribution in [-0.2, 0) is 0 Å². The Bertz CT molecular complexity index is 310. The molecule has 0 fully saturated rings. The van der Waals surface area contributed by atoms with Crippen LogP contribution in [0.2, 0.25) is 4.34 Å². The van der Waals surface area contributed by atoms with E-state index in [1.54, 1.807) is 12.1 Å². The van der Waals surface area contributed by atoms with E-state index >= 15 is 0 Å². The first kappa shape index (κ1) is 8.25. The number of thiophene rings is 1. The predicted molar refractivity (Wildman–Crippen MR) is 46.4 cm³/mol. The molecule has 1 aromatic rings. The number of rotatable bonds is 2. The fourth-order valence-electron chi connectivity index (χ4n) is 0.643. The summed E-state index contributed by atoms with van der Waals surface area (Å²) in [5, 5.41) is 15.7. The molecule has 4 heteroatoms. The lowest BCUT2D eigenvalue weighted by atomic mass is 10.2. The highest BCUT2D eigenvalue weighted by Gasteiger charge is 2.02. The van der Waals surface area contributed by atoms with E-state index in [1.807, 2.05) is 6.07 Å². The molecule has 1 N–H and O–H groups in total. The standard InChI is InChI=1S/C7H5ClN2S/c8-7-2-1-6(11-7)5(10)3-4-9/h1-2,10H,3H2. The van der Waals surface area contributed by atoms with Crippen LogP contribution in [0.5, 0.6) is 0 Å². The highest BCUT2D eigenvalue weighted by atomic mass is 35.5. The van der Waals surface area contributed by atoms with Gasteiger partial charge in [0.2, 0.25) is 0 Å². The van der Waals surface area contributed by atoms with Crippen LogP contribution in [0.15, 0.2) is 12.1 Å². The summed E-state index contributed by atoms with van der Waals surface area (Å²) in [6, 6.07) is 5.40. The Labute approximate surface area is 73.5 Å². The molecule has 0 unspecified atom stereocenters. The van der Waals surface area contributed by atoms with Crippen LogP contribution in [-0.4, -0.2) is 5.71 Å². The Hall–Kier alpha value is -0.850. The zero-order valence-corrected chi connectivity index (χ0v) is 7.17. The van der Waals surface area contributed by atoms with Crippen molar-refractivity contribution in [2.24, 2.45) is 0 Å². The third-order valence-corrected chi connectivity index (χ3v) is 2.42. The van der Waals surface area contributed by atoms with Gasteiger partial charge in [0.1, 0.15) is 0 Å². The second kappa shape index (κ2) is 3.51. The minimum absolute atomic E-state index is 0.150. The zero-order chi connectivity index (χ0) is 8.27. The van der Waals surface area contributed by atoms with Gasteiger partial charge in [0, 0.05) is 0 Å². The number of hydrogen-bond acceptors (Lipinski definition) is 3. The van der Waals surface area contributed by atoms with Crippen LogP contribution >= 0.6 is 22.9 Å². The van der Waals surface area contributed by atoms with E-state index in [1.165, 1.54) is 11.3 Å². The van der Waals surface area contributed by atoms with Crippen LogP contribution in [0.25, 0.3) is 0 Å². The summed E-state index contributed by atoms with van der Waals surface area (Å²) in [4.78, 5) is 0.775. The van der Waals surface area contributed by atoms with Gasteiger partial charge in [-0.25, -0.2) is 0 Å². The second-order valence-corrected chi connectivity index (χ2v) is 3.63. The first-order chi connectivity index (χ1) is 5.24. The van der Waals surface area contributed by atoms with Gasteiger partial charge in [-0.2, -0.15) is 5.26 Å². The van der Waals surface area contributed by atoms with Gasteiger partial charge in [-0.05, 0) is 12.1 Å². The molecule has 1 aromatic heterocycles. The molecule has 1 rings (SSSR count). The normalized spacial score (nSPS) is 9.09. The van der Waals surface area contributed by atoms with Gasteiger partial charge < -0.3 is 5.41 Å². The van der Waals surface area contributed by atoms with Gasteiger partial charge in [-0.1, -0.05) is 11.6 Å². The van der Waals surface area contributed by atoms with Gasteiger partial charge in [0.05, 0.1) is 27.4 Å². The molecule has 0 aliphatic rings. The van der Waals surface area contributed by atoms with E-state index in [9.17, 15) is 0 Å². The van der Waals surface area contributed by atoms with Crippen molar-refractivity contribution >= 4 is 28.6 Å².